The Hall–Kier alpha value is -1.94. The first-order valence-electron chi connectivity index (χ1n) is 37.5. The van der Waals surface area contributed by atoms with Crippen molar-refractivity contribution in [3.05, 3.63) is 0 Å². The lowest BCUT2D eigenvalue weighted by molar-refractivity contribution is -0.161. The quantitative estimate of drug-likeness (QED) is 0.0222. The van der Waals surface area contributed by atoms with Crippen LogP contribution < -0.4 is 0 Å². The molecule has 91 heavy (non-hydrogen) atoms. The topological polar surface area (TPSA) is 237 Å². The second-order valence-corrected chi connectivity index (χ2v) is 29.8. The number of phosphoric ester groups is 2. The Morgan fingerprint density at radius 3 is 0.747 bits per heavy atom. The summed E-state index contributed by atoms with van der Waals surface area (Å²) >= 11 is 0. The van der Waals surface area contributed by atoms with Gasteiger partial charge in [-0.05, 0) is 37.5 Å². The Bertz CT molecular complexity index is 1770. The van der Waals surface area contributed by atoms with Crippen molar-refractivity contribution >= 4 is 39.5 Å². The van der Waals surface area contributed by atoms with E-state index in [9.17, 15) is 43.2 Å². The summed E-state index contributed by atoms with van der Waals surface area (Å²) in [7, 11) is -9.90. The summed E-state index contributed by atoms with van der Waals surface area (Å²) < 4.78 is 68.3. The van der Waals surface area contributed by atoms with E-state index in [1.807, 2.05) is 0 Å². The average Bonchev–Trinajstić information content (AvgIpc) is 3.65. The molecule has 0 saturated carbocycles. The van der Waals surface area contributed by atoms with Gasteiger partial charge in [-0.1, -0.05) is 318 Å². The summed E-state index contributed by atoms with van der Waals surface area (Å²) in [6, 6.07) is 0. The third kappa shape index (κ3) is 66.5. The number of hydrogen-bond acceptors (Lipinski definition) is 15. The molecular formula is C72H140O17P2. The zero-order valence-electron chi connectivity index (χ0n) is 59.1. The van der Waals surface area contributed by atoms with Crippen LogP contribution in [0.2, 0.25) is 0 Å². The van der Waals surface area contributed by atoms with Crippen LogP contribution >= 0.6 is 15.6 Å². The van der Waals surface area contributed by atoms with Crippen LogP contribution in [0.5, 0.6) is 0 Å². The predicted molar refractivity (Wildman–Crippen MR) is 368 cm³/mol. The molecule has 0 aromatic rings. The normalized spacial score (nSPS) is 14.1. The van der Waals surface area contributed by atoms with Crippen LogP contribution in [-0.4, -0.2) is 96.7 Å². The zero-order valence-corrected chi connectivity index (χ0v) is 60.9. The van der Waals surface area contributed by atoms with Crippen molar-refractivity contribution in [2.45, 2.75) is 387 Å². The van der Waals surface area contributed by atoms with Crippen LogP contribution in [-0.2, 0) is 65.4 Å². The largest absolute Gasteiger partial charge is 0.472 e. The molecule has 0 radical (unpaired) electrons. The van der Waals surface area contributed by atoms with Crippen LogP contribution in [0, 0.1) is 11.8 Å². The first-order chi connectivity index (χ1) is 43.9. The maximum absolute atomic E-state index is 13.0. The molecule has 0 aliphatic carbocycles. The van der Waals surface area contributed by atoms with Crippen molar-refractivity contribution < 1.29 is 80.2 Å². The summed E-state index contributed by atoms with van der Waals surface area (Å²) in [5, 5.41) is 10.6. The highest BCUT2D eigenvalue weighted by atomic mass is 31.2. The smallest absolute Gasteiger partial charge is 0.462 e. The van der Waals surface area contributed by atoms with Gasteiger partial charge < -0.3 is 33.8 Å². The van der Waals surface area contributed by atoms with Gasteiger partial charge in [0, 0.05) is 25.7 Å². The number of esters is 4. The molecule has 0 aromatic heterocycles. The van der Waals surface area contributed by atoms with E-state index < -0.39 is 97.5 Å². The number of ether oxygens (including phenoxy) is 4. The summed E-state index contributed by atoms with van der Waals surface area (Å²) in [6.07, 6.45) is 50.0. The van der Waals surface area contributed by atoms with E-state index in [4.69, 9.17) is 37.0 Å². The molecule has 3 N–H and O–H groups in total. The maximum atomic E-state index is 13.0. The van der Waals surface area contributed by atoms with Crippen molar-refractivity contribution in [3.8, 4) is 0 Å². The molecule has 0 aromatic carbocycles. The fraction of sp³-hybridized carbons (Fsp3) is 0.944. The van der Waals surface area contributed by atoms with E-state index in [2.05, 4.69) is 41.5 Å². The summed E-state index contributed by atoms with van der Waals surface area (Å²) in [5.41, 5.74) is 0. The molecule has 0 saturated heterocycles. The molecule has 17 nitrogen and oxygen atoms in total. The number of hydrogen-bond donors (Lipinski definition) is 3. The maximum Gasteiger partial charge on any atom is 0.472 e. The number of carbonyl (C=O) groups excluding carboxylic acids is 4. The number of aliphatic hydroxyl groups excluding tert-OH is 1. The molecule has 0 aliphatic rings. The second-order valence-electron chi connectivity index (χ2n) is 26.9. The monoisotopic (exact) mass is 1340 g/mol. The van der Waals surface area contributed by atoms with Gasteiger partial charge in [-0.3, -0.25) is 37.3 Å². The number of aliphatic hydroxyl groups is 1. The first kappa shape index (κ1) is 89.1. The SMILES string of the molecule is CCCCCCCCCCCCC(=O)O[C@H](COC(=O)CCCCCCCCCC)COP(=O)(O)OC[C@H](O)COP(=O)(O)OC[C@@H](COC(=O)CCCCCCCCCCCCCCC(C)C)OC(=O)CCCCCCCCCCCCCCCCCC(C)C. The van der Waals surface area contributed by atoms with Gasteiger partial charge in [0.1, 0.15) is 19.3 Å². The lowest BCUT2D eigenvalue weighted by Gasteiger charge is -2.21. The predicted octanol–water partition coefficient (Wildman–Crippen LogP) is 20.8. The molecule has 0 fully saturated rings. The number of rotatable bonds is 71. The zero-order chi connectivity index (χ0) is 67.2. The third-order valence-electron chi connectivity index (χ3n) is 16.7. The van der Waals surface area contributed by atoms with Crippen LogP contribution in [0.15, 0.2) is 0 Å². The van der Waals surface area contributed by atoms with Crippen LogP contribution in [0.1, 0.15) is 369 Å². The van der Waals surface area contributed by atoms with E-state index in [-0.39, 0.29) is 25.7 Å². The van der Waals surface area contributed by atoms with Gasteiger partial charge in [0.05, 0.1) is 26.4 Å². The molecule has 0 spiro atoms. The average molecular weight is 1340 g/mol. The van der Waals surface area contributed by atoms with E-state index >= 15 is 0 Å². The molecule has 0 bridgehead atoms. The highest BCUT2D eigenvalue weighted by molar-refractivity contribution is 7.47. The summed E-state index contributed by atoms with van der Waals surface area (Å²) in [5.74, 6) is -0.539. The molecule has 2 unspecified atom stereocenters. The Balaban J connectivity index is 5.20. The van der Waals surface area contributed by atoms with E-state index in [0.29, 0.717) is 25.7 Å². The fourth-order valence-corrected chi connectivity index (χ4v) is 12.5. The minimum atomic E-state index is -4.95. The molecular weight excluding hydrogens is 1200 g/mol. The standard InChI is InChI=1S/C72H140O17P2/c1-7-9-11-13-15-17-31-38-44-50-56-71(76)88-67(60-82-69(74)54-48-42-36-16-14-12-10-8-2)62-86-90(78,79)84-58-66(73)59-85-91(80,81)87-63-68(61-83-70(75)55-49-43-37-32-27-24-23-26-30-35-41-47-53-65(5)6)89-72(77)57-51-45-39-33-28-22-20-18-19-21-25-29-34-40-46-52-64(3)4/h64-68,73H,7-63H2,1-6H3,(H,78,79)(H,80,81)/t66-,67+,68+/m0/s1. The van der Waals surface area contributed by atoms with Gasteiger partial charge in [0.15, 0.2) is 12.2 Å². The van der Waals surface area contributed by atoms with Crippen molar-refractivity contribution in [2.75, 3.05) is 39.6 Å². The van der Waals surface area contributed by atoms with Gasteiger partial charge in [-0.15, -0.1) is 0 Å². The van der Waals surface area contributed by atoms with Crippen molar-refractivity contribution in [1.82, 2.24) is 0 Å². The number of carbonyl (C=O) groups is 4. The highest BCUT2D eigenvalue weighted by Crippen LogP contribution is 2.45. The Kier molecular flexibility index (Phi) is 62.7. The number of phosphoric acid groups is 2. The molecule has 540 valence electrons. The third-order valence-corrected chi connectivity index (χ3v) is 18.6. The molecule has 5 atom stereocenters. The van der Waals surface area contributed by atoms with Crippen molar-refractivity contribution in [2.24, 2.45) is 11.8 Å². The summed E-state index contributed by atoms with van der Waals surface area (Å²) in [6.45, 7) is 9.57. The Labute approximate surface area is 556 Å². The molecule has 0 aliphatic heterocycles. The van der Waals surface area contributed by atoms with Crippen LogP contribution in [0.4, 0.5) is 0 Å². The molecule has 0 heterocycles. The lowest BCUT2D eigenvalue weighted by atomic mass is 10.0. The number of unbranched alkanes of at least 4 members (excludes halogenated alkanes) is 41. The lowest BCUT2D eigenvalue weighted by Crippen LogP contribution is -2.30. The van der Waals surface area contributed by atoms with E-state index in [0.717, 1.165) is 108 Å². The van der Waals surface area contributed by atoms with Gasteiger partial charge in [0.2, 0.25) is 0 Å². The van der Waals surface area contributed by atoms with Gasteiger partial charge >= 0.3 is 39.5 Å². The fourth-order valence-electron chi connectivity index (χ4n) is 10.9. The molecule has 0 rings (SSSR count). The molecule has 0 amide bonds. The summed E-state index contributed by atoms with van der Waals surface area (Å²) in [4.78, 5) is 72.5. The highest BCUT2D eigenvalue weighted by Gasteiger charge is 2.30. The minimum absolute atomic E-state index is 0.106. The molecule has 19 heteroatoms. The van der Waals surface area contributed by atoms with Crippen LogP contribution in [0.3, 0.4) is 0 Å². The second kappa shape index (κ2) is 64.1. The van der Waals surface area contributed by atoms with Crippen LogP contribution in [0.25, 0.3) is 0 Å². The first-order valence-corrected chi connectivity index (χ1v) is 40.5. The Morgan fingerprint density at radius 1 is 0.297 bits per heavy atom. The van der Waals surface area contributed by atoms with Gasteiger partial charge in [-0.2, -0.15) is 0 Å². The van der Waals surface area contributed by atoms with Gasteiger partial charge in [0.25, 0.3) is 0 Å². The van der Waals surface area contributed by atoms with Crippen molar-refractivity contribution in [3.63, 3.8) is 0 Å². The minimum Gasteiger partial charge on any atom is -0.462 e. The Morgan fingerprint density at radius 2 is 0.505 bits per heavy atom. The van der Waals surface area contributed by atoms with Gasteiger partial charge in [-0.25, -0.2) is 9.13 Å². The van der Waals surface area contributed by atoms with Crippen molar-refractivity contribution in [1.29, 1.82) is 0 Å². The van der Waals surface area contributed by atoms with E-state index in [1.54, 1.807) is 0 Å². The van der Waals surface area contributed by atoms with E-state index in [1.165, 1.54) is 180 Å².